The van der Waals surface area contributed by atoms with Gasteiger partial charge in [0.25, 0.3) is 0 Å². The number of rotatable bonds is 1. The molecule has 2 nitrogen and oxygen atoms in total. The summed E-state index contributed by atoms with van der Waals surface area (Å²) in [5, 5.41) is 1.18. The van der Waals surface area contributed by atoms with E-state index in [0.29, 0.717) is 5.15 Å². The number of aryl methyl sites for hydroxylation is 1. The van der Waals surface area contributed by atoms with Gasteiger partial charge in [-0.15, -0.1) is 0 Å². The maximum atomic E-state index is 6.16. The third-order valence-corrected chi connectivity index (χ3v) is 3.43. The van der Waals surface area contributed by atoms with Gasteiger partial charge in [0, 0.05) is 22.1 Å². The molecule has 19 heavy (non-hydrogen) atoms. The smallest absolute Gasteiger partial charge is 0.136 e. The first kappa shape index (κ1) is 14.3. The van der Waals surface area contributed by atoms with Crippen LogP contribution in [0.3, 0.4) is 0 Å². The van der Waals surface area contributed by atoms with E-state index in [0.717, 1.165) is 27.7 Å². The summed E-state index contributed by atoms with van der Waals surface area (Å²) in [5.41, 5.74) is 2.65. The first-order valence-corrected chi connectivity index (χ1v) is 6.84. The van der Waals surface area contributed by atoms with Crippen LogP contribution in [0.5, 0.6) is 0 Å². The molecule has 0 radical (unpaired) electrons. The standard InChI is InChI=1S/C15H16Cl2N2/c1-9-5-6-10(7-11(9)16)12-8-13(17)19-14(18-12)15(2,3)4/h5-8H,1-4H3. The van der Waals surface area contributed by atoms with Gasteiger partial charge in [0.2, 0.25) is 0 Å². The zero-order chi connectivity index (χ0) is 14.2. The van der Waals surface area contributed by atoms with E-state index in [1.165, 1.54) is 0 Å². The topological polar surface area (TPSA) is 25.8 Å². The molecule has 0 saturated heterocycles. The Morgan fingerprint density at radius 1 is 1.00 bits per heavy atom. The van der Waals surface area contributed by atoms with Crippen molar-refractivity contribution in [1.82, 2.24) is 9.97 Å². The molecule has 1 aromatic heterocycles. The van der Waals surface area contributed by atoms with Gasteiger partial charge in [-0.2, -0.15) is 0 Å². The molecule has 0 spiro atoms. The number of hydrogen-bond acceptors (Lipinski definition) is 2. The summed E-state index contributed by atoms with van der Waals surface area (Å²) in [6.45, 7) is 8.15. The number of benzene rings is 1. The van der Waals surface area contributed by atoms with Crippen molar-refractivity contribution in [3.8, 4) is 11.3 Å². The van der Waals surface area contributed by atoms with Gasteiger partial charge in [-0.1, -0.05) is 56.1 Å². The lowest BCUT2D eigenvalue weighted by atomic mass is 9.95. The Kier molecular flexibility index (Phi) is 3.84. The highest BCUT2D eigenvalue weighted by atomic mass is 35.5. The zero-order valence-corrected chi connectivity index (χ0v) is 13.0. The molecule has 0 fully saturated rings. The Morgan fingerprint density at radius 2 is 1.68 bits per heavy atom. The van der Waals surface area contributed by atoms with E-state index in [1.54, 1.807) is 6.07 Å². The molecule has 0 N–H and O–H groups in total. The van der Waals surface area contributed by atoms with Crippen LogP contribution in [-0.4, -0.2) is 9.97 Å². The van der Waals surface area contributed by atoms with Crippen LogP contribution in [-0.2, 0) is 5.41 Å². The van der Waals surface area contributed by atoms with E-state index in [2.05, 4.69) is 30.7 Å². The fraction of sp³-hybridized carbons (Fsp3) is 0.333. The average molecular weight is 295 g/mol. The maximum Gasteiger partial charge on any atom is 0.136 e. The van der Waals surface area contributed by atoms with Crippen LogP contribution in [0.15, 0.2) is 24.3 Å². The Balaban J connectivity index is 2.56. The van der Waals surface area contributed by atoms with Gasteiger partial charge in [0.1, 0.15) is 11.0 Å². The summed E-state index contributed by atoms with van der Waals surface area (Å²) >= 11 is 12.2. The van der Waals surface area contributed by atoms with Crippen LogP contribution in [0.4, 0.5) is 0 Å². The molecule has 0 aliphatic rings. The summed E-state index contributed by atoms with van der Waals surface area (Å²) in [6.07, 6.45) is 0. The van der Waals surface area contributed by atoms with Crippen LogP contribution in [0.25, 0.3) is 11.3 Å². The van der Waals surface area contributed by atoms with Crippen molar-refractivity contribution in [2.75, 3.05) is 0 Å². The molecule has 0 aliphatic heterocycles. The van der Waals surface area contributed by atoms with E-state index in [9.17, 15) is 0 Å². The lowest BCUT2D eigenvalue weighted by molar-refractivity contribution is 0.546. The van der Waals surface area contributed by atoms with Crippen molar-refractivity contribution in [3.63, 3.8) is 0 Å². The molecule has 2 aromatic rings. The molecule has 0 amide bonds. The molecule has 0 aliphatic carbocycles. The second-order valence-electron chi connectivity index (χ2n) is 5.61. The number of nitrogens with zero attached hydrogens (tertiary/aromatic N) is 2. The van der Waals surface area contributed by atoms with E-state index in [-0.39, 0.29) is 5.41 Å². The Hall–Kier alpha value is -1.12. The van der Waals surface area contributed by atoms with Crippen LogP contribution in [0, 0.1) is 6.92 Å². The van der Waals surface area contributed by atoms with E-state index in [1.807, 2.05) is 25.1 Å². The van der Waals surface area contributed by atoms with Crippen molar-refractivity contribution in [1.29, 1.82) is 0 Å². The predicted octanol–water partition coefficient (Wildman–Crippen LogP) is 5.06. The Bertz CT molecular complexity index is 616. The van der Waals surface area contributed by atoms with Crippen molar-refractivity contribution in [3.05, 3.63) is 45.8 Å². The largest absolute Gasteiger partial charge is 0.232 e. The summed E-state index contributed by atoms with van der Waals surface area (Å²) in [5.74, 6) is 0.728. The first-order valence-electron chi connectivity index (χ1n) is 6.09. The second-order valence-corrected chi connectivity index (χ2v) is 6.41. The summed E-state index contributed by atoms with van der Waals surface area (Å²) in [7, 11) is 0. The molecular weight excluding hydrogens is 279 g/mol. The monoisotopic (exact) mass is 294 g/mol. The van der Waals surface area contributed by atoms with Gasteiger partial charge in [0.05, 0.1) is 5.69 Å². The maximum absolute atomic E-state index is 6.16. The molecular formula is C15H16Cl2N2. The minimum atomic E-state index is -0.145. The van der Waals surface area contributed by atoms with Gasteiger partial charge in [-0.05, 0) is 18.6 Å². The number of hydrogen-bond donors (Lipinski definition) is 0. The lowest BCUT2D eigenvalue weighted by Gasteiger charge is -2.17. The lowest BCUT2D eigenvalue weighted by Crippen LogP contribution is -2.16. The highest BCUT2D eigenvalue weighted by Crippen LogP contribution is 2.28. The molecule has 0 atom stereocenters. The summed E-state index contributed by atoms with van der Waals surface area (Å²) in [6, 6.07) is 7.64. The number of aromatic nitrogens is 2. The van der Waals surface area contributed by atoms with Crippen LogP contribution >= 0.6 is 23.2 Å². The third kappa shape index (κ3) is 3.26. The molecule has 1 heterocycles. The van der Waals surface area contributed by atoms with Crippen molar-refractivity contribution in [2.24, 2.45) is 0 Å². The predicted molar refractivity (Wildman–Crippen MR) is 80.9 cm³/mol. The van der Waals surface area contributed by atoms with Crippen molar-refractivity contribution >= 4 is 23.2 Å². The Labute approximate surface area is 123 Å². The quantitative estimate of drug-likeness (QED) is 0.687. The van der Waals surface area contributed by atoms with E-state index in [4.69, 9.17) is 23.2 Å². The molecule has 2 rings (SSSR count). The van der Waals surface area contributed by atoms with E-state index >= 15 is 0 Å². The van der Waals surface area contributed by atoms with Crippen molar-refractivity contribution < 1.29 is 0 Å². The third-order valence-electron chi connectivity index (χ3n) is 2.83. The fourth-order valence-electron chi connectivity index (χ4n) is 1.65. The van der Waals surface area contributed by atoms with Crippen LogP contribution < -0.4 is 0 Å². The second kappa shape index (κ2) is 5.10. The van der Waals surface area contributed by atoms with Gasteiger partial charge in [-0.25, -0.2) is 9.97 Å². The molecule has 1 aromatic carbocycles. The molecule has 0 unspecified atom stereocenters. The first-order chi connectivity index (χ1) is 8.77. The average Bonchev–Trinajstić information content (AvgIpc) is 2.31. The fourth-order valence-corrected chi connectivity index (χ4v) is 2.02. The molecule has 0 saturated carbocycles. The zero-order valence-electron chi connectivity index (χ0n) is 11.5. The van der Waals surface area contributed by atoms with Crippen molar-refractivity contribution in [2.45, 2.75) is 33.1 Å². The normalized spacial score (nSPS) is 11.7. The molecule has 100 valence electrons. The van der Waals surface area contributed by atoms with Gasteiger partial charge in [-0.3, -0.25) is 0 Å². The highest BCUT2D eigenvalue weighted by Gasteiger charge is 2.19. The van der Waals surface area contributed by atoms with E-state index < -0.39 is 0 Å². The molecule has 0 bridgehead atoms. The number of halogens is 2. The highest BCUT2D eigenvalue weighted by molar-refractivity contribution is 6.31. The summed E-state index contributed by atoms with van der Waals surface area (Å²) in [4.78, 5) is 8.88. The minimum absolute atomic E-state index is 0.145. The van der Waals surface area contributed by atoms with Crippen LogP contribution in [0.1, 0.15) is 32.2 Å². The SMILES string of the molecule is Cc1ccc(-c2cc(Cl)nc(C(C)(C)C)n2)cc1Cl. The van der Waals surface area contributed by atoms with Crippen LogP contribution in [0.2, 0.25) is 10.2 Å². The van der Waals surface area contributed by atoms with Gasteiger partial charge >= 0.3 is 0 Å². The molecule has 4 heteroatoms. The Morgan fingerprint density at radius 3 is 2.26 bits per heavy atom. The summed E-state index contributed by atoms with van der Waals surface area (Å²) < 4.78 is 0. The van der Waals surface area contributed by atoms with Gasteiger partial charge < -0.3 is 0 Å². The minimum Gasteiger partial charge on any atom is -0.232 e. The van der Waals surface area contributed by atoms with Gasteiger partial charge in [0.15, 0.2) is 0 Å².